The zero-order valence-corrected chi connectivity index (χ0v) is 15.2. The van der Waals surface area contributed by atoms with Crippen LogP contribution >= 0.6 is 0 Å². The van der Waals surface area contributed by atoms with Gasteiger partial charge in [-0.05, 0) is 41.3 Å². The number of benzene rings is 2. The van der Waals surface area contributed by atoms with Gasteiger partial charge in [0.05, 0.1) is 13.2 Å². The Bertz CT molecular complexity index is 765. The Morgan fingerprint density at radius 2 is 2.12 bits per heavy atom. The lowest BCUT2D eigenvalue weighted by molar-refractivity contribution is -0.134. The van der Waals surface area contributed by atoms with Crippen LogP contribution in [0.1, 0.15) is 36.4 Å². The van der Waals surface area contributed by atoms with Crippen LogP contribution in [0, 0.1) is 5.82 Å². The Balaban J connectivity index is 1.74. The fourth-order valence-corrected chi connectivity index (χ4v) is 3.46. The monoisotopic (exact) mass is 356 g/mol. The molecule has 2 unspecified atom stereocenters. The van der Waals surface area contributed by atoms with Crippen LogP contribution in [0.25, 0.3) is 0 Å². The predicted molar refractivity (Wildman–Crippen MR) is 99.7 cm³/mol. The maximum Gasteiger partial charge on any atom is 0.223 e. The van der Waals surface area contributed by atoms with E-state index in [4.69, 9.17) is 4.74 Å². The highest BCUT2D eigenvalue weighted by Gasteiger charge is 2.29. The third-order valence-corrected chi connectivity index (χ3v) is 4.94. The van der Waals surface area contributed by atoms with Crippen LogP contribution < -0.4 is 10.1 Å². The first-order valence-electron chi connectivity index (χ1n) is 8.98. The number of methoxy groups -OCH3 is 1. The van der Waals surface area contributed by atoms with Crippen LogP contribution in [0.3, 0.4) is 0 Å². The molecule has 0 saturated carbocycles. The van der Waals surface area contributed by atoms with E-state index >= 15 is 0 Å². The Hall–Kier alpha value is -2.40. The molecule has 4 nitrogen and oxygen atoms in total. The van der Waals surface area contributed by atoms with Gasteiger partial charge in [-0.2, -0.15) is 0 Å². The van der Waals surface area contributed by atoms with Crippen molar-refractivity contribution in [1.82, 2.24) is 10.2 Å². The number of amides is 1. The third-order valence-electron chi connectivity index (χ3n) is 4.94. The first-order chi connectivity index (χ1) is 12.6. The van der Waals surface area contributed by atoms with E-state index in [0.717, 1.165) is 23.4 Å². The van der Waals surface area contributed by atoms with E-state index in [0.29, 0.717) is 19.5 Å². The fraction of sp³-hybridized carbons (Fsp3) is 0.381. The summed E-state index contributed by atoms with van der Waals surface area (Å²) in [5.74, 6) is 0.698. The van der Waals surface area contributed by atoms with Crippen molar-refractivity contribution in [3.8, 4) is 5.75 Å². The van der Waals surface area contributed by atoms with Crippen LogP contribution in [0.15, 0.2) is 48.5 Å². The van der Waals surface area contributed by atoms with Crippen LogP contribution in [0.5, 0.6) is 5.75 Å². The van der Waals surface area contributed by atoms with Crippen LogP contribution in [0.2, 0.25) is 0 Å². The third kappa shape index (κ3) is 4.22. The first kappa shape index (κ1) is 18.4. The molecule has 26 heavy (non-hydrogen) atoms. The highest BCUT2D eigenvalue weighted by Crippen LogP contribution is 2.28. The standard InChI is InChI=1S/C21H25FN2O2/c1-15(16-5-4-8-19(13-16)26-2)11-21(25)24-10-9-23-14-20(24)17-6-3-7-18(22)12-17/h3-8,12-13,15,20,23H,9-11,14H2,1-2H3. The summed E-state index contributed by atoms with van der Waals surface area (Å²) >= 11 is 0. The average molecular weight is 356 g/mol. The summed E-state index contributed by atoms with van der Waals surface area (Å²) < 4.78 is 18.9. The van der Waals surface area contributed by atoms with Gasteiger partial charge < -0.3 is 15.0 Å². The van der Waals surface area contributed by atoms with Gasteiger partial charge >= 0.3 is 0 Å². The van der Waals surface area contributed by atoms with Gasteiger partial charge in [-0.15, -0.1) is 0 Å². The minimum Gasteiger partial charge on any atom is -0.497 e. The topological polar surface area (TPSA) is 41.6 Å². The number of rotatable bonds is 5. The Morgan fingerprint density at radius 3 is 2.88 bits per heavy atom. The Morgan fingerprint density at radius 1 is 1.31 bits per heavy atom. The molecule has 2 aromatic carbocycles. The molecule has 1 aliphatic rings. The number of piperazine rings is 1. The highest BCUT2D eigenvalue weighted by molar-refractivity contribution is 5.78. The number of nitrogens with zero attached hydrogens (tertiary/aromatic N) is 1. The lowest BCUT2D eigenvalue weighted by Crippen LogP contribution is -2.48. The normalized spacial score (nSPS) is 18.4. The van der Waals surface area contributed by atoms with Gasteiger partial charge in [-0.3, -0.25) is 4.79 Å². The second kappa shape index (κ2) is 8.32. The molecule has 0 bridgehead atoms. The number of ether oxygens (including phenoxy) is 1. The molecule has 2 atom stereocenters. The number of hydrogen-bond acceptors (Lipinski definition) is 3. The zero-order chi connectivity index (χ0) is 18.5. The maximum absolute atomic E-state index is 13.6. The minimum absolute atomic E-state index is 0.0839. The second-order valence-corrected chi connectivity index (χ2v) is 6.74. The summed E-state index contributed by atoms with van der Waals surface area (Å²) in [6.45, 7) is 4.07. The average Bonchev–Trinajstić information content (AvgIpc) is 2.68. The molecule has 1 amide bonds. The fourth-order valence-electron chi connectivity index (χ4n) is 3.46. The lowest BCUT2D eigenvalue weighted by Gasteiger charge is -2.37. The molecule has 3 rings (SSSR count). The molecule has 0 aliphatic carbocycles. The van der Waals surface area contributed by atoms with Crippen molar-refractivity contribution in [2.75, 3.05) is 26.7 Å². The molecule has 0 radical (unpaired) electrons. The van der Waals surface area contributed by atoms with Crippen molar-refractivity contribution in [2.45, 2.75) is 25.3 Å². The smallest absolute Gasteiger partial charge is 0.223 e. The van der Waals surface area contributed by atoms with Gasteiger partial charge in [0.25, 0.3) is 0 Å². The molecule has 1 fully saturated rings. The Kier molecular flexibility index (Phi) is 5.89. The van der Waals surface area contributed by atoms with E-state index in [1.165, 1.54) is 12.1 Å². The molecule has 1 saturated heterocycles. The van der Waals surface area contributed by atoms with Crippen LogP contribution in [-0.2, 0) is 4.79 Å². The molecular formula is C21H25FN2O2. The maximum atomic E-state index is 13.6. The number of halogens is 1. The quantitative estimate of drug-likeness (QED) is 0.891. The van der Waals surface area contributed by atoms with E-state index in [1.54, 1.807) is 13.2 Å². The van der Waals surface area contributed by atoms with Gasteiger partial charge in [0.2, 0.25) is 5.91 Å². The number of carbonyl (C=O) groups excluding carboxylic acids is 1. The molecule has 138 valence electrons. The molecule has 1 aliphatic heterocycles. The molecule has 5 heteroatoms. The van der Waals surface area contributed by atoms with E-state index in [9.17, 15) is 9.18 Å². The van der Waals surface area contributed by atoms with Crippen molar-refractivity contribution >= 4 is 5.91 Å². The molecular weight excluding hydrogens is 331 g/mol. The van der Waals surface area contributed by atoms with Crippen molar-refractivity contribution in [2.24, 2.45) is 0 Å². The molecule has 1 heterocycles. The molecule has 2 aromatic rings. The zero-order valence-electron chi connectivity index (χ0n) is 15.2. The van der Waals surface area contributed by atoms with Crippen LogP contribution in [0.4, 0.5) is 4.39 Å². The van der Waals surface area contributed by atoms with E-state index in [2.05, 4.69) is 5.32 Å². The number of carbonyl (C=O) groups is 1. The van der Waals surface area contributed by atoms with Crippen LogP contribution in [-0.4, -0.2) is 37.6 Å². The summed E-state index contributed by atoms with van der Waals surface area (Å²) in [6, 6.07) is 14.2. The number of nitrogens with one attached hydrogen (secondary N) is 1. The largest absolute Gasteiger partial charge is 0.497 e. The van der Waals surface area contributed by atoms with Gasteiger partial charge in [0.1, 0.15) is 11.6 Å². The summed E-state index contributed by atoms with van der Waals surface area (Å²) in [5.41, 5.74) is 1.91. The summed E-state index contributed by atoms with van der Waals surface area (Å²) in [6.07, 6.45) is 0.416. The van der Waals surface area contributed by atoms with Gasteiger partial charge in [0, 0.05) is 26.1 Å². The van der Waals surface area contributed by atoms with Crippen molar-refractivity contribution in [1.29, 1.82) is 0 Å². The van der Waals surface area contributed by atoms with E-state index < -0.39 is 0 Å². The summed E-state index contributed by atoms with van der Waals surface area (Å²) in [7, 11) is 1.64. The van der Waals surface area contributed by atoms with Crippen molar-refractivity contribution in [3.63, 3.8) is 0 Å². The minimum atomic E-state index is -0.273. The molecule has 0 aromatic heterocycles. The molecule has 0 spiro atoms. The Labute approximate surface area is 154 Å². The molecule has 1 N–H and O–H groups in total. The second-order valence-electron chi connectivity index (χ2n) is 6.74. The summed E-state index contributed by atoms with van der Waals surface area (Å²) in [4.78, 5) is 14.9. The lowest BCUT2D eigenvalue weighted by atomic mass is 9.95. The van der Waals surface area contributed by atoms with Gasteiger partial charge in [-0.1, -0.05) is 31.2 Å². The SMILES string of the molecule is COc1cccc(C(C)CC(=O)N2CCNCC2c2cccc(F)c2)c1. The van der Waals surface area contributed by atoms with Crippen molar-refractivity contribution in [3.05, 3.63) is 65.5 Å². The van der Waals surface area contributed by atoms with Gasteiger partial charge in [0.15, 0.2) is 0 Å². The highest BCUT2D eigenvalue weighted by atomic mass is 19.1. The van der Waals surface area contributed by atoms with Crippen molar-refractivity contribution < 1.29 is 13.9 Å². The number of hydrogen-bond donors (Lipinski definition) is 1. The van der Waals surface area contributed by atoms with E-state index in [1.807, 2.05) is 42.2 Å². The predicted octanol–water partition coefficient (Wildman–Crippen LogP) is 3.50. The summed E-state index contributed by atoms with van der Waals surface area (Å²) in [5, 5.41) is 3.30. The first-order valence-corrected chi connectivity index (χ1v) is 8.98. The van der Waals surface area contributed by atoms with E-state index in [-0.39, 0.29) is 23.7 Å². The van der Waals surface area contributed by atoms with Gasteiger partial charge in [-0.25, -0.2) is 4.39 Å².